The number of hydrogen-bond acceptors (Lipinski definition) is 3. The van der Waals surface area contributed by atoms with E-state index in [-0.39, 0.29) is 6.04 Å². The lowest BCUT2D eigenvalue weighted by atomic mass is 10.1. The third-order valence-electron chi connectivity index (χ3n) is 3.65. The molecule has 0 amide bonds. The van der Waals surface area contributed by atoms with E-state index in [2.05, 4.69) is 46.5 Å². The molecule has 4 heteroatoms. The van der Waals surface area contributed by atoms with Gasteiger partial charge in [-0.2, -0.15) is 0 Å². The van der Waals surface area contributed by atoms with Crippen molar-refractivity contribution in [3.8, 4) is 11.3 Å². The molecule has 1 aromatic heterocycles. The minimum absolute atomic E-state index is 0.178. The summed E-state index contributed by atoms with van der Waals surface area (Å²) in [6, 6.07) is 8.89. The normalized spacial score (nSPS) is 19.1. The average molecular weight is 271 g/mol. The van der Waals surface area contributed by atoms with Crippen LogP contribution in [-0.4, -0.2) is 29.7 Å². The van der Waals surface area contributed by atoms with Crippen LogP contribution in [0.4, 0.5) is 0 Å². The highest BCUT2D eigenvalue weighted by Gasteiger charge is 2.18. The van der Waals surface area contributed by atoms with E-state index in [1.807, 2.05) is 6.20 Å². The highest BCUT2D eigenvalue weighted by atomic mass is 16.5. The summed E-state index contributed by atoms with van der Waals surface area (Å²) in [6.07, 6.45) is 4.22. The highest BCUT2D eigenvalue weighted by molar-refractivity contribution is 5.58. The minimum atomic E-state index is 0.178. The number of hydrogen-bond donors (Lipinski definition) is 2. The summed E-state index contributed by atoms with van der Waals surface area (Å²) in [7, 11) is 0. The van der Waals surface area contributed by atoms with Crippen LogP contribution in [0.2, 0.25) is 0 Å². The van der Waals surface area contributed by atoms with Crippen molar-refractivity contribution >= 4 is 0 Å². The Kier molecular flexibility index (Phi) is 4.14. The van der Waals surface area contributed by atoms with E-state index in [1.54, 1.807) is 0 Å². The average Bonchev–Trinajstić information content (AvgIpc) is 2.99. The maximum atomic E-state index is 5.47. The number of nitrogens with one attached hydrogen (secondary N) is 2. The summed E-state index contributed by atoms with van der Waals surface area (Å²) in [4.78, 5) is 7.87. The van der Waals surface area contributed by atoms with Crippen LogP contribution >= 0.6 is 0 Å². The van der Waals surface area contributed by atoms with Crippen LogP contribution < -0.4 is 5.32 Å². The Balaban J connectivity index is 1.75. The van der Waals surface area contributed by atoms with Crippen LogP contribution in [-0.2, 0) is 11.2 Å². The van der Waals surface area contributed by atoms with Crippen LogP contribution in [0.5, 0.6) is 0 Å². The summed E-state index contributed by atoms with van der Waals surface area (Å²) in [5, 5.41) is 3.41. The second-order valence-electron chi connectivity index (χ2n) is 5.21. The van der Waals surface area contributed by atoms with Gasteiger partial charge in [-0.25, -0.2) is 4.98 Å². The molecule has 2 aromatic rings. The zero-order valence-corrected chi connectivity index (χ0v) is 11.9. The SMILES string of the molecule is CCCc1ccc(-c2cnc(C3COCCN3)[nH]2)cc1. The Labute approximate surface area is 119 Å². The molecule has 1 saturated heterocycles. The van der Waals surface area contributed by atoms with Gasteiger partial charge in [0.2, 0.25) is 0 Å². The Morgan fingerprint density at radius 3 is 2.85 bits per heavy atom. The fourth-order valence-corrected chi connectivity index (χ4v) is 2.54. The van der Waals surface area contributed by atoms with E-state index in [4.69, 9.17) is 4.74 Å². The molecule has 2 heterocycles. The van der Waals surface area contributed by atoms with E-state index in [0.29, 0.717) is 6.61 Å². The Morgan fingerprint density at radius 2 is 2.15 bits per heavy atom. The minimum Gasteiger partial charge on any atom is -0.378 e. The zero-order valence-electron chi connectivity index (χ0n) is 11.9. The van der Waals surface area contributed by atoms with E-state index < -0.39 is 0 Å². The largest absolute Gasteiger partial charge is 0.378 e. The molecule has 0 bridgehead atoms. The van der Waals surface area contributed by atoms with Gasteiger partial charge < -0.3 is 15.0 Å². The predicted molar refractivity (Wildman–Crippen MR) is 79.6 cm³/mol. The molecule has 2 N–H and O–H groups in total. The third kappa shape index (κ3) is 2.92. The Morgan fingerprint density at radius 1 is 1.30 bits per heavy atom. The van der Waals surface area contributed by atoms with Crippen molar-refractivity contribution in [3.05, 3.63) is 41.9 Å². The van der Waals surface area contributed by atoms with Gasteiger partial charge in [-0.1, -0.05) is 37.6 Å². The van der Waals surface area contributed by atoms with Crippen LogP contribution in [0, 0.1) is 0 Å². The van der Waals surface area contributed by atoms with Crippen molar-refractivity contribution in [2.45, 2.75) is 25.8 Å². The number of aromatic amines is 1. The number of H-pyrrole nitrogens is 1. The molecule has 106 valence electrons. The number of ether oxygens (including phenoxy) is 1. The van der Waals surface area contributed by atoms with Gasteiger partial charge in [-0.3, -0.25) is 0 Å². The van der Waals surface area contributed by atoms with Gasteiger partial charge in [0.05, 0.1) is 31.1 Å². The Bertz CT molecular complexity index is 541. The molecule has 3 rings (SSSR count). The maximum Gasteiger partial charge on any atom is 0.126 e. The first kappa shape index (κ1) is 13.3. The van der Waals surface area contributed by atoms with Crippen LogP contribution in [0.1, 0.15) is 30.8 Å². The van der Waals surface area contributed by atoms with E-state index in [0.717, 1.165) is 31.1 Å². The summed E-state index contributed by atoms with van der Waals surface area (Å²) >= 11 is 0. The van der Waals surface area contributed by atoms with Crippen LogP contribution in [0.3, 0.4) is 0 Å². The quantitative estimate of drug-likeness (QED) is 0.899. The lowest BCUT2D eigenvalue weighted by Crippen LogP contribution is -2.35. The summed E-state index contributed by atoms with van der Waals surface area (Å²) in [5.74, 6) is 0.956. The molecule has 0 saturated carbocycles. The molecule has 1 atom stereocenters. The fourth-order valence-electron chi connectivity index (χ4n) is 2.54. The van der Waals surface area contributed by atoms with Gasteiger partial charge in [0, 0.05) is 6.54 Å². The molecule has 1 aromatic carbocycles. The predicted octanol–water partition coefficient (Wildman–Crippen LogP) is 2.69. The number of rotatable bonds is 4. The van der Waals surface area contributed by atoms with Gasteiger partial charge in [0.15, 0.2) is 0 Å². The molecule has 0 aliphatic carbocycles. The molecule has 1 unspecified atom stereocenters. The van der Waals surface area contributed by atoms with Crippen molar-refractivity contribution in [1.29, 1.82) is 0 Å². The molecule has 4 nitrogen and oxygen atoms in total. The van der Waals surface area contributed by atoms with E-state index in [1.165, 1.54) is 17.5 Å². The lowest BCUT2D eigenvalue weighted by molar-refractivity contribution is 0.0745. The highest BCUT2D eigenvalue weighted by Crippen LogP contribution is 2.21. The van der Waals surface area contributed by atoms with Gasteiger partial charge in [-0.15, -0.1) is 0 Å². The first-order chi connectivity index (χ1) is 9.86. The number of aromatic nitrogens is 2. The fraction of sp³-hybridized carbons (Fsp3) is 0.438. The number of imidazole rings is 1. The number of morpholine rings is 1. The zero-order chi connectivity index (χ0) is 13.8. The van der Waals surface area contributed by atoms with Gasteiger partial charge >= 0.3 is 0 Å². The van der Waals surface area contributed by atoms with Crippen molar-refractivity contribution in [3.63, 3.8) is 0 Å². The van der Waals surface area contributed by atoms with Gasteiger partial charge in [0.1, 0.15) is 5.82 Å². The summed E-state index contributed by atoms with van der Waals surface area (Å²) < 4.78 is 5.47. The van der Waals surface area contributed by atoms with Crippen molar-refractivity contribution in [2.75, 3.05) is 19.8 Å². The summed E-state index contributed by atoms with van der Waals surface area (Å²) in [5.41, 5.74) is 3.63. The Hall–Kier alpha value is -1.65. The molecule has 1 aliphatic rings. The van der Waals surface area contributed by atoms with Crippen LogP contribution in [0.15, 0.2) is 30.5 Å². The second-order valence-corrected chi connectivity index (χ2v) is 5.21. The number of nitrogens with zero attached hydrogens (tertiary/aromatic N) is 1. The first-order valence-corrected chi connectivity index (χ1v) is 7.32. The third-order valence-corrected chi connectivity index (χ3v) is 3.65. The van der Waals surface area contributed by atoms with Gasteiger partial charge in [0.25, 0.3) is 0 Å². The number of aryl methyl sites for hydroxylation is 1. The molecule has 1 aliphatic heterocycles. The van der Waals surface area contributed by atoms with E-state index >= 15 is 0 Å². The first-order valence-electron chi connectivity index (χ1n) is 7.32. The molecular weight excluding hydrogens is 250 g/mol. The molecule has 20 heavy (non-hydrogen) atoms. The second kappa shape index (κ2) is 6.20. The van der Waals surface area contributed by atoms with Gasteiger partial charge in [-0.05, 0) is 17.5 Å². The standard InChI is InChI=1S/C16H21N3O/c1-2-3-12-4-6-13(7-5-12)14-10-18-16(19-14)15-11-20-9-8-17-15/h4-7,10,15,17H,2-3,8-9,11H2,1H3,(H,18,19). The van der Waals surface area contributed by atoms with Crippen molar-refractivity contribution in [1.82, 2.24) is 15.3 Å². The number of benzene rings is 1. The maximum absolute atomic E-state index is 5.47. The topological polar surface area (TPSA) is 49.9 Å². The monoisotopic (exact) mass is 271 g/mol. The molecule has 0 radical (unpaired) electrons. The molecule has 1 fully saturated rings. The van der Waals surface area contributed by atoms with E-state index in [9.17, 15) is 0 Å². The molecular formula is C16H21N3O. The summed E-state index contributed by atoms with van der Waals surface area (Å²) in [6.45, 7) is 4.55. The van der Waals surface area contributed by atoms with Crippen LogP contribution in [0.25, 0.3) is 11.3 Å². The van der Waals surface area contributed by atoms with Crippen molar-refractivity contribution in [2.24, 2.45) is 0 Å². The lowest BCUT2D eigenvalue weighted by Gasteiger charge is -2.21. The smallest absolute Gasteiger partial charge is 0.126 e. The molecule has 0 spiro atoms. The van der Waals surface area contributed by atoms with Crippen molar-refractivity contribution < 1.29 is 4.74 Å².